The zero-order valence-corrected chi connectivity index (χ0v) is 24.3. The van der Waals surface area contributed by atoms with Crippen LogP contribution in [0.25, 0.3) is 0 Å². The molecule has 0 aliphatic carbocycles. The van der Waals surface area contributed by atoms with Crippen molar-refractivity contribution in [2.75, 3.05) is 38.2 Å². The van der Waals surface area contributed by atoms with Crippen LogP contribution in [0.2, 0.25) is 0 Å². The van der Waals surface area contributed by atoms with Gasteiger partial charge in [0.25, 0.3) is 5.91 Å². The average Bonchev–Trinajstić information content (AvgIpc) is 2.95. The second-order valence-electron chi connectivity index (χ2n) is 11.0. The molecule has 0 bridgehead atoms. The number of amides is 1. The van der Waals surface area contributed by atoms with Gasteiger partial charge in [0.1, 0.15) is 17.1 Å². The Morgan fingerprint density at radius 3 is 2.33 bits per heavy atom. The Labute approximate surface area is 243 Å². The van der Waals surface area contributed by atoms with Crippen LogP contribution in [0, 0.1) is 0 Å². The zero-order chi connectivity index (χ0) is 30.3. The highest BCUT2D eigenvalue weighted by atomic mass is 32.2. The minimum absolute atomic E-state index is 0.183. The summed E-state index contributed by atoms with van der Waals surface area (Å²) in [5, 5.41) is 0. The molecular weight excluding hydrogens is 571 g/mol. The molecule has 42 heavy (non-hydrogen) atoms. The van der Waals surface area contributed by atoms with Gasteiger partial charge in [0, 0.05) is 55.5 Å². The molecule has 0 saturated carbocycles. The van der Waals surface area contributed by atoms with E-state index in [0.29, 0.717) is 43.1 Å². The maximum atomic E-state index is 13.5. The van der Waals surface area contributed by atoms with Gasteiger partial charge in [0.05, 0.1) is 23.6 Å². The number of benzene rings is 3. The third-order valence-corrected chi connectivity index (χ3v) is 8.98. The summed E-state index contributed by atoms with van der Waals surface area (Å²) in [4.78, 5) is 17.1. The van der Waals surface area contributed by atoms with E-state index < -0.39 is 33.4 Å². The number of carbonyl (C=O) groups excluding carboxylic acids is 1. The van der Waals surface area contributed by atoms with E-state index in [0.717, 1.165) is 35.7 Å². The fraction of sp³-hybridized carbons (Fsp3) is 0.367. The minimum Gasteiger partial charge on any atom is -0.497 e. The van der Waals surface area contributed by atoms with Crippen molar-refractivity contribution in [1.82, 2.24) is 9.62 Å². The summed E-state index contributed by atoms with van der Waals surface area (Å²) in [5.41, 5.74) is 0.225. The zero-order valence-electron chi connectivity index (χ0n) is 23.4. The molecule has 1 N–H and O–H groups in total. The number of piperazine rings is 1. The first-order chi connectivity index (χ1) is 19.8. The second-order valence-corrected chi connectivity index (χ2v) is 12.7. The van der Waals surface area contributed by atoms with Gasteiger partial charge in [0.2, 0.25) is 10.0 Å². The summed E-state index contributed by atoms with van der Waals surface area (Å²) < 4.78 is 79.4. The van der Waals surface area contributed by atoms with Crippen LogP contribution in [0.15, 0.2) is 71.6 Å². The lowest BCUT2D eigenvalue weighted by molar-refractivity contribution is -0.137. The average molecular weight is 604 g/mol. The van der Waals surface area contributed by atoms with Gasteiger partial charge >= 0.3 is 6.18 Å². The maximum absolute atomic E-state index is 13.5. The van der Waals surface area contributed by atoms with Crippen molar-refractivity contribution < 1.29 is 35.9 Å². The van der Waals surface area contributed by atoms with Gasteiger partial charge in [-0.2, -0.15) is 13.2 Å². The van der Waals surface area contributed by atoms with Gasteiger partial charge < -0.3 is 19.3 Å². The van der Waals surface area contributed by atoms with Crippen LogP contribution >= 0.6 is 0 Å². The number of nitrogens with zero attached hydrogens (tertiary/aromatic N) is 2. The van der Waals surface area contributed by atoms with E-state index in [4.69, 9.17) is 9.47 Å². The first kappa shape index (κ1) is 29.7. The summed E-state index contributed by atoms with van der Waals surface area (Å²) in [7, 11) is -2.57. The van der Waals surface area contributed by atoms with Gasteiger partial charge in [-0.3, -0.25) is 4.79 Å². The molecule has 1 saturated heterocycles. The minimum atomic E-state index is -4.58. The number of rotatable bonds is 6. The molecule has 3 aromatic rings. The SMILES string of the molecule is COc1cccc(N2CCN(C(=O)c3ccc4c(c3)[C@@H](NS(=O)(=O)c3ccc(C(F)(F)F)cc3)CC(C)(C)O4)CC2)c1. The number of sulfonamides is 1. The summed E-state index contributed by atoms with van der Waals surface area (Å²) in [5.74, 6) is 1.01. The Bertz CT molecular complexity index is 1570. The smallest absolute Gasteiger partial charge is 0.416 e. The second kappa shape index (κ2) is 11.1. The molecule has 0 unspecified atom stereocenters. The molecule has 2 aliphatic rings. The Balaban J connectivity index is 1.34. The monoisotopic (exact) mass is 603 g/mol. The van der Waals surface area contributed by atoms with Crippen molar-refractivity contribution >= 4 is 21.6 Å². The van der Waals surface area contributed by atoms with Crippen LogP contribution in [-0.2, 0) is 16.2 Å². The number of methoxy groups -OCH3 is 1. The van der Waals surface area contributed by atoms with Gasteiger partial charge in [-0.1, -0.05) is 6.07 Å². The summed E-state index contributed by atoms with van der Waals surface area (Å²) in [6, 6.07) is 15.3. The van der Waals surface area contributed by atoms with E-state index in [2.05, 4.69) is 9.62 Å². The fourth-order valence-corrected chi connectivity index (χ4v) is 6.54. The first-order valence-electron chi connectivity index (χ1n) is 13.5. The van der Waals surface area contributed by atoms with E-state index in [1.807, 2.05) is 38.1 Å². The fourth-order valence-electron chi connectivity index (χ4n) is 5.33. The molecule has 0 radical (unpaired) electrons. The molecule has 2 aliphatic heterocycles. The lowest BCUT2D eigenvalue weighted by atomic mass is 9.89. The third kappa shape index (κ3) is 6.34. The number of fused-ring (bicyclic) bond motifs is 1. The van der Waals surface area contributed by atoms with Crippen molar-refractivity contribution in [3.05, 3.63) is 83.4 Å². The van der Waals surface area contributed by atoms with Crippen LogP contribution in [-0.4, -0.2) is 58.1 Å². The molecule has 1 amide bonds. The van der Waals surface area contributed by atoms with Gasteiger partial charge in [0.15, 0.2) is 0 Å². The number of ether oxygens (including phenoxy) is 2. The van der Waals surface area contributed by atoms with Crippen LogP contribution < -0.4 is 19.1 Å². The largest absolute Gasteiger partial charge is 0.497 e. The normalized spacial score (nSPS) is 18.7. The summed E-state index contributed by atoms with van der Waals surface area (Å²) in [6.07, 6.45) is -4.33. The predicted molar refractivity (Wildman–Crippen MR) is 151 cm³/mol. The van der Waals surface area contributed by atoms with Crippen LogP contribution in [0.5, 0.6) is 11.5 Å². The van der Waals surface area contributed by atoms with E-state index in [9.17, 15) is 26.4 Å². The van der Waals surface area contributed by atoms with Gasteiger partial charge in [-0.25, -0.2) is 13.1 Å². The van der Waals surface area contributed by atoms with Crippen molar-refractivity contribution in [1.29, 1.82) is 0 Å². The van der Waals surface area contributed by atoms with Gasteiger partial charge in [-0.15, -0.1) is 0 Å². The predicted octanol–water partition coefficient (Wildman–Crippen LogP) is 5.26. The highest BCUT2D eigenvalue weighted by Gasteiger charge is 2.37. The maximum Gasteiger partial charge on any atom is 0.416 e. The molecule has 8 nitrogen and oxygen atoms in total. The molecule has 5 rings (SSSR count). The first-order valence-corrected chi connectivity index (χ1v) is 14.9. The number of nitrogens with one attached hydrogen (secondary N) is 1. The molecular formula is C30H32F3N3O5S. The number of alkyl halides is 3. The topological polar surface area (TPSA) is 88.2 Å². The lowest BCUT2D eigenvalue weighted by Crippen LogP contribution is -2.49. The Hall–Kier alpha value is -3.77. The number of hydrogen-bond donors (Lipinski definition) is 1. The number of anilines is 1. The van der Waals surface area contributed by atoms with E-state index in [1.165, 1.54) is 0 Å². The van der Waals surface area contributed by atoms with E-state index >= 15 is 0 Å². The van der Waals surface area contributed by atoms with Crippen molar-refractivity contribution in [3.63, 3.8) is 0 Å². The number of carbonyl (C=O) groups is 1. The van der Waals surface area contributed by atoms with Crippen molar-refractivity contribution in [3.8, 4) is 11.5 Å². The molecule has 0 aromatic heterocycles. The van der Waals surface area contributed by atoms with Crippen LogP contribution in [0.3, 0.4) is 0 Å². The molecule has 1 fully saturated rings. The quantitative estimate of drug-likeness (QED) is 0.414. The number of hydrogen-bond acceptors (Lipinski definition) is 6. The van der Waals surface area contributed by atoms with E-state index in [1.54, 1.807) is 30.2 Å². The Morgan fingerprint density at radius 2 is 1.69 bits per heavy atom. The Morgan fingerprint density at radius 1 is 1.00 bits per heavy atom. The molecule has 224 valence electrons. The van der Waals surface area contributed by atoms with Gasteiger partial charge in [-0.05, 0) is 68.4 Å². The molecule has 3 aromatic carbocycles. The highest BCUT2D eigenvalue weighted by molar-refractivity contribution is 7.89. The summed E-state index contributed by atoms with van der Waals surface area (Å²) >= 11 is 0. The molecule has 12 heteroatoms. The highest BCUT2D eigenvalue weighted by Crippen LogP contribution is 2.41. The van der Waals surface area contributed by atoms with Crippen LogP contribution in [0.1, 0.15) is 47.8 Å². The standard InChI is InChI=1S/C30H32F3N3O5S/c1-29(2)19-26(34-42(38,39)24-10-8-21(9-11-24)30(31,32)33)25-17-20(7-12-27(25)41-29)28(37)36-15-13-35(14-16-36)22-5-4-6-23(18-22)40-3/h4-12,17-18,26,34H,13-16,19H2,1-3H3/t26-/m0/s1. The van der Waals surface area contributed by atoms with Crippen molar-refractivity contribution in [2.24, 2.45) is 0 Å². The van der Waals surface area contributed by atoms with Crippen LogP contribution in [0.4, 0.5) is 18.9 Å². The molecule has 0 spiro atoms. The Kier molecular flexibility index (Phi) is 7.88. The van der Waals surface area contributed by atoms with Crippen molar-refractivity contribution in [2.45, 2.75) is 43.0 Å². The number of halogens is 3. The third-order valence-electron chi connectivity index (χ3n) is 7.49. The lowest BCUT2D eigenvalue weighted by Gasteiger charge is -2.38. The molecule has 1 atom stereocenters. The molecule has 2 heterocycles. The summed E-state index contributed by atoms with van der Waals surface area (Å²) in [6.45, 7) is 5.90. The van der Waals surface area contributed by atoms with E-state index in [-0.39, 0.29) is 17.2 Å².